The zero-order chi connectivity index (χ0) is 27.8. The van der Waals surface area contributed by atoms with Gasteiger partial charge >= 0.3 is 11.9 Å². The van der Waals surface area contributed by atoms with Gasteiger partial charge in [-0.2, -0.15) is 4.31 Å². The van der Waals surface area contributed by atoms with E-state index in [9.17, 15) is 22.8 Å². The Bertz CT molecular complexity index is 1410. The van der Waals surface area contributed by atoms with Crippen LogP contribution in [0.3, 0.4) is 0 Å². The number of esters is 2. The van der Waals surface area contributed by atoms with E-state index in [4.69, 9.17) is 9.47 Å². The molecule has 1 aliphatic rings. The number of benzene rings is 2. The minimum Gasteiger partial charge on any atom is -0.462 e. The lowest BCUT2D eigenvalue weighted by Gasteiger charge is -2.19. The number of hydrogen-bond donors (Lipinski definition) is 1. The van der Waals surface area contributed by atoms with Gasteiger partial charge in [-0.25, -0.2) is 18.0 Å². The summed E-state index contributed by atoms with van der Waals surface area (Å²) in [5.41, 5.74) is 1.77. The number of amides is 1. The van der Waals surface area contributed by atoms with E-state index in [1.807, 2.05) is 30.3 Å². The third kappa shape index (κ3) is 6.92. The average molecular weight is 571 g/mol. The number of thiophene rings is 1. The highest BCUT2D eigenvalue weighted by Gasteiger charge is 2.26. The normalized spacial score (nSPS) is 14.3. The molecule has 9 nitrogen and oxygen atoms in total. The summed E-state index contributed by atoms with van der Waals surface area (Å²) in [5, 5.41) is 4.68. The van der Waals surface area contributed by atoms with Gasteiger partial charge in [-0.3, -0.25) is 4.79 Å². The lowest BCUT2D eigenvalue weighted by atomic mass is 10.0. The molecule has 2 heterocycles. The average Bonchev–Trinajstić information content (AvgIpc) is 3.15. The van der Waals surface area contributed by atoms with Crippen LogP contribution in [-0.2, 0) is 24.3 Å². The number of carbonyl (C=O) groups excluding carboxylic acids is 3. The molecule has 0 aliphatic carbocycles. The van der Waals surface area contributed by atoms with Crippen LogP contribution < -0.4 is 5.32 Å². The van der Waals surface area contributed by atoms with Crippen LogP contribution in [0.2, 0.25) is 0 Å². The zero-order valence-electron chi connectivity index (χ0n) is 21.6. The highest BCUT2D eigenvalue weighted by molar-refractivity contribution is 7.89. The van der Waals surface area contributed by atoms with E-state index in [1.165, 1.54) is 39.9 Å². The second kappa shape index (κ2) is 13.0. The standard InChI is InChI=1S/C28H30N2O7S2/c1-2-36-28(33)25-23(20-10-6-5-7-11-20)19-38-26(25)29-24(31)18-37-27(32)21-12-14-22(15-13-21)39(34,35)30-16-8-3-4-9-17-30/h5-7,10-15,19H,2-4,8-9,16-18H2,1H3,(H,29,31). The molecule has 0 spiro atoms. The first-order valence-corrected chi connectivity index (χ1v) is 15.0. The summed E-state index contributed by atoms with van der Waals surface area (Å²) < 4.78 is 37.7. The number of ether oxygens (including phenoxy) is 2. The Morgan fingerprint density at radius 1 is 0.897 bits per heavy atom. The van der Waals surface area contributed by atoms with E-state index < -0.39 is 34.5 Å². The van der Waals surface area contributed by atoms with Gasteiger partial charge in [-0.15, -0.1) is 11.3 Å². The minimum absolute atomic E-state index is 0.108. The van der Waals surface area contributed by atoms with Crippen molar-refractivity contribution in [3.63, 3.8) is 0 Å². The van der Waals surface area contributed by atoms with E-state index in [1.54, 1.807) is 12.3 Å². The van der Waals surface area contributed by atoms with Crippen LogP contribution in [0.1, 0.15) is 53.3 Å². The van der Waals surface area contributed by atoms with Gasteiger partial charge < -0.3 is 14.8 Å². The molecule has 3 aromatic rings. The SMILES string of the molecule is CCOC(=O)c1c(-c2ccccc2)csc1NC(=O)COC(=O)c1ccc(S(=O)(=O)N2CCCCCC2)cc1. The molecule has 11 heteroatoms. The van der Waals surface area contributed by atoms with Crippen LogP contribution in [0.25, 0.3) is 11.1 Å². The highest BCUT2D eigenvalue weighted by atomic mass is 32.2. The predicted octanol–water partition coefficient (Wildman–Crippen LogP) is 4.95. The molecule has 0 unspecified atom stereocenters. The fourth-order valence-corrected chi connectivity index (χ4v) is 6.75. The van der Waals surface area contributed by atoms with Crippen molar-refractivity contribution in [1.82, 2.24) is 4.31 Å². The molecule has 206 valence electrons. The van der Waals surface area contributed by atoms with Crippen molar-refractivity contribution in [3.8, 4) is 11.1 Å². The molecule has 2 aromatic carbocycles. The number of nitrogens with one attached hydrogen (secondary N) is 1. The number of carbonyl (C=O) groups is 3. The molecule has 1 saturated heterocycles. The largest absolute Gasteiger partial charge is 0.462 e. The summed E-state index contributed by atoms with van der Waals surface area (Å²) in [6.07, 6.45) is 3.67. The Balaban J connectivity index is 1.39. The Morgan fingerprint density at radius 3 is 2.21 bits per heavy atom. The van der Waals surface area contributed by atoms with Crippen LogP contribution in [0.5, 0.6) is 0 Å². The lowest BCUT2D eigenvalue weighted by Crippen LogP contribution is -2.31. The van der Waals surface area contributed by atoms with Crippen molar-refractivity contribution in [3.05, 3.63) is 71.1 Å². The summed E-state index contributed by atoms with van der Waals surface area (Å²) >= 11 is 1.17. The monoisotopic (exact) mass is 570 g/mol. The molecule has 0 saturated carbocycles. The molecule has 0 atom stereocenters. The van der Waals surface area contributed by atoms with Crippen LogP contribution in [0.15, 0.2) is 64.9 Å². The van der Waals surface area contributed by atoms with Gasteiger partial charge in [-0.1, -0.05) is 43.2 Å². The second-order valence-electron chi connectivity index (χ2n) is 8.91. The van der Waals surface area contributed by atoms with Crippen LogP contribution >= 0.6 is 11.3 Å². The van der Waals surface area contributed by atoms with Gasteiger partial charge in [0.2, 0.25) is 10.0 Å². The van der Waals surface area contributed by atoms with Crippen molar-refractivity contribution in [2.75, 3.05) is 31.6 Å². The van der Waals surface area contributed by atoms with Crippen LogP contribution in [-0.4, -0.2) is 56.9 Å². The lowest BCUT2D eigenvalue weighted by molar-refractivity contribution is -0.119. The third-order valence-corrected chi connectivity index (χ3v) is 9.04. The molecule has 0 radical (unpaired) electrons. The van der Waals surface area contributed by atoms with Crippen LogP contribution in [0, 0.1) is 0 Å². The molecule has 4 rings (SSSR count). The first kappa shape index (κ1) is 28.5. The number of anilines is 1. The molecule has 1 fully saturated rings. The predicted molar refractivity (Wildman–Crippen MR) is 148 cm³/mol. The molecular weight excluding hydrogens is 540 g/mol. The maximum atomic E-state index is 12.9. The van der Waals surface area contributed by atoms with Crippen molar-refractivity contribution < 1.29 is 32.3 Å². The van der Waals surface area contributed by atoms with Crippen molar-refractivity contribution in [2.24, 2.45) is 0 Å². The number of sulfonamides is 1. The number of rotatable bonds is 9. The van der Waals surface area contributed by atoms with Gasteiger partial charge in [0.25, 0.3) is 5.91 Å². The Morgan fingerprint density at radius 2 is 1.56 bits per heavy atom. The third-order valence-electron chi connectivity index (χ3n) is 6.24. The molecule has 39 heavy (non-hydrogen) atoms. The fraction of sp³-hybridized carbons (Fsp3) is 0.321. The maximum absolute atomic E-state index is 12.9. The summed E-state index contributed by atoms with van der Waals surface area (Å²) in [4.78, 5) is 37.9. The van der Waals surface area contributed by atoms with Crippen molar-refractivity contribution in [2.45, 2.75) is 37.5 Å². The number of hydrogen-bond acceptors (Lipinski definition) is 8. The van der Waals surface area contributed by atoms with Gasteiger partial charge in [0.15, 0.2) is 6.61 Å². The first-order chi connectivity index (χ1) is 18.8. The quantitative estimate of drug-likeness (QED) is 0.362. The minimum atomic E-state index is -3.64. The summed E-state index contributed by atoms with van der Waals surface area (Å²) in [6.45, 7) is 2.24. The van der Waals surface area contributed by atoms with E-state index in [-0.39, 0.29) is 27.6 Å². The smallest absolute Gasteiger partial charge is 0.341 e. The Labute approximate surface area is 231 Å². The van der Waals surface area contributed by atoms with Crippen molar-refractivity contribution >= 4 is 44.2 Å². The molecule has 1 amide bonds. The maximum Gasteiger partial charge on any atom is 0.341 e. The number of nitrogens with zero attached hydrogens (tertiary/aromatic N) is 1. The first-order valence-electron chi connectivity index (χ1n) is 12.7. The molecular formula is C28H30N2O7S2. The molecule has 0 bridgehead atoms. The van der Waals surface area contributed by atoms with E-state index >= 15 is 0 Å². The molecule has 1 aliphatic heterocycles. The fourth-order valence-electron chi connectivity index (χ4n) is 4.26. The van der Waals surface area contributed by atoms with Gasteiger partial charge in [0.05, 0.1) is 17.1 Å². The van der Waals surface area contributed by atoms with E-state index in [0.29, 0.717) is 18.7 Å². The second-order valence-corrected chi connectivity index (χ2v) is 11.7. The van der Waals surface area contributed by atoms with E-state index in [2.05, 4.69) is 5.32 Å². The highest BCUT2D eigenvalue weighted by Crippen LogP contribution is 2.36. The topological polar surface area (TPSA) is 119 Å². The van der Waals surface area contributed by atoms with Crippen molar-refractivity contribution in [1.29, 1.82) is 0 Å². The zero-order valence-corrected chi connectivity index (χ0v) is 23.2. The Hall–Kier alpha value is -3.54. The summed E-state index contributed by atoms with van der Waals surface area (Å²) in [6, 6.07) is 14.7. The van der Waals surface area contributed by atoms with Gasteiger partial charge in [0.1, 0.15) is 10.6 Å². The van der Waals surface area contributed by atoms with Crippen LogP contribution in [0.4, 0.5) is 5.00 Å². The Kier molecular flexibility index (Phi) is 9.50. The van der Waals surface area contributed by atoms with Gasteiger partial charge in [-0.05, 0) is 49.6 Å². The molecule has 1 aromatic heterocycles. The molecule has 1 N–H and O–H groups in total. The summed E-state index contributed by atoms with van der Waals surface area (Å²) in [5.74, 6) is -1.97. The van der Waals surface area contributed by atoms with E-state index in [0.717, 1.165) is 31.2 Å². The summed E-state index contributed by atoms with van der Waals surface area (Å²) in [7, 11) is -3.64. The van der Waals surface area contributed by atoms with Gasteiger partial charge in [0, 0.05) is 24.0 Å².